The first kappa shape index (κ1) is 22.4. The zero-order chi connectivity index (χ0) is 20.9. The first-order chi connectivity index (χ1) is 14.2. The summed E-state index contributed by atoms with van der Waals surface area (Å²) in [4.78, 5) is 25.4. The Balaban J connectivity index is 2.43. The number of rotatable bonds is 11. The van der Waals surface area contributed by atoms with Gasteiger partial charge in [-0.05, 0) is 24.0 Å². The summed E-state index contributed by atoms with van der Waals surface area (Å²) in [5, 5.41) is 0. The van der Waals surface area contributed by atoms with Crippen molar-refractivity contribution in [3.05, 3.63) is 83.4 Å². The van der Waals surface area contributed by atoms with Gasteiger partial charge in [0.05, 0.1) is 18.8 Å². The van der Waals surface area contributed by atoms with Crippen molar-refractivity contribution in [2.45, 2.75) is 45.4 Å². The van der Waals surface area contributed by atoms with Crippen molar-refractivity contribution >= 4 is 11.9 Å². The van der Waals surface area contributed by atoms with E-state index in [-0.39, 0.29) is 0 Å². The molecule has 2 rings (SSSR count). The van der Waals surface area contributed by atoms with E-state index in [4.69, 9.17) is 9.47 Å². The Kier molecular flexibility index (Phi) is 9.70. The van der Waals surface area contributed by atoms with Crippen molar-refractivity contribution in [1.82, 2.24) is 0 Å². The Morgan fingerprint density at radius 2 is 1.28 bits per heavy atom. The Hall–Kier alpha value is -2.88. The summed E-state index contributed by atoms with van der Waals surface area (Å²) in [6.45, 7) is 4.73. The third kappa shape index (κ3) is 7.22. The number of hydrogen-bond acceptors (Lipinski definition) is 4. The molecule has 0 radical (unpaired) electrons. The van der Waals surface area contributed by atoms with Gasteiger partial charge in [0.15, 0.2) is 0 Å². The van der Waals surface area contributed by atoms with Crippen LogP contribution in [-0.4, -0.2) is 25.2 Å². The van der Waals surface area contributed by atoms with Gasteiger partial charge >= 0.3 is 11.9 Å². The normalized spacial score (nSPS) is 11.3. The van der Waals surface area contributed by atoms with Crippen LogP contribution in [0.3, 0.4) is 0 Å². The molecular formula is C25H30O4. The number of unbranched alkanes of at least 4 members (excludes halogenated alkanes) is 2. The quantitative estimate of drug-likeness (QED) is 0.290. The Labute approximate surface area is 173 Å². The second kappa shape index (κ2) is 12.6. The standard InChI is InChI=1S/C25H30O4/c1-3-5-17-28-23(26)19-22(25(27)29-18-6-4-2)24(20-13-9-7-10-14-20)21-15-11-8-12-16-21/h7-16,19,24H,3-6,17-18H2,1-2H3/b22-19-. The minimum atomic E-state index is -0.516. The van der Waals surface area contributed by atoms with E-state index in [0.717, 1.165) is 36.8 Å². The van der Waals surface area contributed by atoms with E-state index in [1.54, 1.807) is 0 Å². The molecule has 0 aromatic heterocycles. The van der Waals surface area contributed by atoms with Crippen LogP contribution in [0.4, 0.5) is 0 Å². The number of ether oxygens (including phenoxy) is 2. The molecule has 29 heavy (non-hydrogen) atoms. The molecule has 0 unspecified atom stereocenters. The van der Waals surface area contributed by atoms with Gasteiger partial charge in [-0.2, -0.15) is 0 Å². The highest BCUT2D eigenvalue weighted by Gasteiger charge is 2.27. The maximum absolute atomic E-state index is 13.0. The van der Waals surface area contributed by atoms with Crippen LogP contribution in [-0.2, 0) is 19.1 Å². The monoisotopic (exact) mass is 394 g/mol. The highest BCUT2D eigenvalue weighted by molar-refractivity contribution is 5.98. The molecule has 0 aliphatic carbocycles. The number of hydrogen-bond donors (Lipinski definition) is 0. The van der Waals surface area contributed by atoms with E-state index in [9.17, 15) is 9.59 Å². The van der Waals surface area contributed by atoms with Gasteiger partial charge in [0, 0.05) is 12.0 Å². The van der Waals surface area contributed by atoms with Crippen LogP contribution < -0.4 is 0 Å². The van der Waals surface area contributed by atoms with Crippen molar-refractivity contribution in [2.24, 2.45) is 0 Å². The van der Waals surface area contributed by atoms with Gasteiger partial charge in [-0.1, -0.05) is 87.4 Å². The first-order valence-electron chi connectivity index (χ1n) is 10.3. The summed E-state index contributed by atoms with van der Waals surface area (Å²) >= 11 is 0. The van der Waals surface area contributed by atoms with Crippen molar-refractivity contribution in [1.29, 1.82) is 0 Å². The van der Waals surface area contributed by atoms with Crippen LogP contribution in [0.2, 0.25) is 0 Å². The molecule has 0 aliphatic rings. The summed E-state index contributed by atoms with van der Waals surface area (Å²) in [5.41, 5.74) is 2.12. The minimum absolute atomic E-state index is 0.292. The van der Waals surface area contributed by atoms with E-state index >= 15 is 0 Å². The second-order valence-electron chi connectivity index (χ2n) is 6.86. The predicted molar refractivity (Wildman–Crippen MR) is 115 cm³/mol. The lowest BCUT2D eigenvalue weighted by Gasteiger charge is -2.21. The van der Waals surface area contributed by atoms with E-state index in [1.807, 2.05) is 74.5 Å². The van der Waals surface area contributed by atoms with Crippen molar-refractivity contribution in [3.63, 3.8) is 0 Å². The van der Waals surface area contributed by atoms with Gasteiger partial charge in [0.25, 0.3) is 0 Å². The van der Waals surface area contributed by atoms with Gasteiger partial charge in [-0.25, -0.2) is 9.59 Å². The molecule has 0 fully saturated rings. The summed E-state index contributed by atoms with van der Waals surface area (Å²) in [5.74, 6) is -1.41. The van der Waals surface area contributed by atoms with Gasteiger partial charge in [0.2, 0.25) is 0 Å². The van der Waals surface area contributed by atoms with Gasteiger partial charge in [-0.15, -0.1) is 0 Å². The number of carbonyl (C=O) groups is 2. The maximum Gasteiger partial charge on any atom is 0.335 e. The van der Waals surface area contributed by atoms with Crippen LogP contribution in [0.1, 0.15) is 56.6 Å². The van der Waals surface area contributed by atoms with Crippen LogP contribution in [0, 0.1) is 0 Å². The predicted octanol–water partition coefficient (Wildman–Crippen LogP) is 5.43. The Morgan fingerprint density at radius 3 is 1.76 bits per heavy atom. The maximum atomic E-state index is 13.0. The smallest absolute Gasteiger partial charge is 0.335 e. The largest absolute Gasteiger partial charge is 0.463 e. The average molecular weight is 395 g/mol. The average Bonchev–Trinajstić information content (AvgIpc) is 2.75. The molecule has 4 heteroatoms. The molecule has 0 bridgehead atoms. The SMILES string of the molecule is CCCCOC(=O)/C=C(\C(=O)OCCCC)C(c1ccccc1)c1ccccc1. The molecule has 0 saturated carbocycles. The molecular weight excluding hydrogens is 364 g/mol. The minimum Gasteiger partial charge on any atom is -0.463 e. The lowest BCUT2D eigenvalue weighted by atomic mass is 9.84. The highest BCUT2D eigenvalue weighted by Crippen LogP contribution is 2.32. The van der Waals surface area contributed by atoms with Crippen LogP contribution in [0.25, 0.3) is 0 Å². The van der Waals surface area contributed by atoms with Crippen LogP contribution in [0.5, 0.6) is 0 Å². The van der Waals surface area contributed by atoms with Crippen molar-refractivity contribution in [2.75, 3.05) is 13.2 Å². The highest BCUT2D eigenvalue weighted by atomic mass is 16.5. The van der Waals surface area contributed by atoms with E-state index in [1.165, 1.54) is 6.08 Å². The van der Waals surface area contributed by atoms with E-state index in [2.05, 4.69) is 0 Å². The summed E-state index contributed by atoms with van der Waals surface area (Å²) < 4.78 is 10.8. The van der Waals surface area contributed by atoms with E-state index in [0.29, 0.717) is 18.8 Å². The van der Waals surface area contributed by atoms with Gasteiger partial charge < -0.3 is 9.47 Å². The fraction of sp³-hybridized carbons (Fsp3) is 0.360. The molecule has 0 saturated heterocycles. The molecule has 2 aromatic rings. The zero-order valence-corrected chi connectivity index (χ0v) is 17.3. The molecule has 0 N–H and O–H groups in total. The lowest BCUT2D eigenvalue weighted by Crippen LogP contribution is -2.19. The third-order valence-corrected chi connectivity index (χ3v) is 4.56. The van der Waals surface area contributed by atoms with Gasteiger partial charge in [-0.3, -0.25) is 0 Å². The van der Waals surface area contributed by atoms with Gasteiger partial charge in [0.1, 0.15) is 0 Å². The Bertz CT molecular complexity index is 741. The molecule has 0 atom stereocenters. The zero-order valence-electron chi connectivity index (χ0n) is 17.3. The second-order valence-corrected chi connectivity index (χ2v) is 6.86. The molecule has 4 nitrogen and oxygen atoms in total. The molecule has 0 amide bonds. The number of esters is 2. The number of benzene rings is 2. The molecule has 2 aromatic carbocycles. The molecule has 0 aliphatic heterocycles. The summed E-state index contributed by atoms with van der Waals surface area (Å²) in [7, 11) is 0. The van der Waals surface area contributed by atoms with Crippen molar-refractivity contribution < 1.29 is 19.1 Å². The summed E-state index contributed by atoms with van der Waals surface area (Å²) in [6, 6.07) is 19.3. The fourth-order valence-electron chi connectivity index (χ4n) is 2.98. The topological polar surface area (TPSA) is 52.6 Å². The fourth-order valence-corrected chi connectivity index (χ4v) is 2.98. The van der Waals surface area contributed by atoms with Crippen molar-refractivity contribution in [3.8, 4) is 0 Å². The third-order valence-electron chi connectivity index (χ3n) is 4.56. The van der Waals surface area contributed by atoms with Crippen LogP contribution >= 0.6 is 0 Å². The molecule has 154 valence electrons. The molecule has 0 spiro atoms. The lowest BCUT2D eigenvalue weighted by molar-refractivity contribution is -0.141. The Morgan fingerprint density at radius 1 is 0.793 bits per heavy atom. The first-order valence-corrected chi connectivity index (χ1v) is 10.3. The number of carbonyl (C=O) groups excluding carboxylic acids is 2. The van der Waals surface area contributed by atoms with E-state index < -0.39 is 17.9 Å². The summed E-state index contributed by atoms with van der Waals surface area (Å²) in [6.07, 6.45) is 4.72. The molecule has 0 heterocycles. The van der Waals surface area contributed by atoms with Crippen LogP contribution in [0.15, 0.2) is 72.3 Å².